The smallest absolute Gasteiger partial charge is 0.237 e. The van der Waals surface area contributed by atoms with Crippen molar-refractivity contribution < 1.29 is 9.53 Å². The van der Waals surface area contributed by atoms with E-state index in [4.69, 9.17) is 16.3 Å². The number of fused-ring (bicyclic) bond motifs is 1. The van der Waals surface area contributed by atoms with Crippen LogP contribution in [0.4, 0.5) is 11.4 Å². The van der Waals surface area contributed by atoms with E-state index in [1.54, 1.807) is 37.1 Å². The van der Waals surface area contributed by atoms with Crippen LogP contribution in [-0.4, -0.2) is 22.6 Å². The van der Waals surface area contributed by atoms with Crippen LogP contribution in [0.2, 0.25) is 5.02 Å². The molecule has 0 saturated heterocycles. The Morgan fingerprint density at radius 1 is 1.36 bits per heavy atom. The summed E-state index contributed by atoms with van der Waals surface area (Å²) < 4.78 is 6.16. The van der Waals surface area contributed by atoms with Crippen LogP contribution in [0.3, 0.4) is 0 Å². The highest BCUT2D eigenvalue weighted by Crippen LogP contribution is 2.36. The first-order chi connectivity index (χ1) is 12.1. The van der Waals surface area contributed by atoms with Crippen LogP contribution in [-0.2, 0) is 10.5 Å². The number of rotatable bonds is 4. The van der Waals surface area contributed by atoms with Crippen molar-refractivity contribution in [1.29, 1.82) is 0 Å². The molecule has 0 unspecified atom stereocenters. The van der Waals surface area contributed by atoms with Gasteiger partial charge in [-0.2, -0.15) is 0 Å². The number of carbonyl (C=O) groups is 1. The van der Waals surface area contributed by atoms with Crippen LogP contribution in [0.15, 0.2) is 47.5 Å². The lowest BCUT2D eigenvalue weighted by Crippen LogP contribution is -2.23. The molecule has 0 spiro atoms. The van der Waals surface area contributed by atoms with Crippen molar-refractivity contribution in [1.82, 2.24) is 0 Å². The minimum Gasteiger partial charge on any atom is -0.495 e. The molecule has 1 heterocycles. The van der Waals surface area contributed by atoms with Crippen LogP contribution in [0.5, 0.6) is 5.75 Å². The van der Waals surface area contributed by atoms with E-state index >= 15 is 0 Å². The average molecular weight is 393 g/mol. The molecule has 1 atom stereocenters. The lowest BCUT2D eigenvalue weighted by atomic mass is 10.2. The molecule has 0 radical (unpaired) electrons. The highest BCUT2D eigenvalue weighted by Gasteiger charge is 2.21. The zero-order chi connectivity index (χ0) is 17.8. The van der Waals surface area contributed by atoms with Crippen molar-refractivity contribution >= 4 is 56.8 Å². The van der Waals surface area contributed by atoms with Gasteiger partial charge in [0.15, 0.2) is 0 Å². The number of aliphatic imine (C=N–C) groups is 1. The van der Waals surface area contributed by atoms with E-state index in [1.165, 1.54) is 17.3 Å². The number of nitrogens with zero attached hydrogens (tertiary/aromatic N) is 1. The fourth-order valence-electron chi connectivity index (χ4n) is 2.29. The van der Waals surface area contributed by atoms with Crippen LogP contribution < -0.4 is 10.1 Å². The minimum atomic E-state index is -0.291. The first-order valence-corrected chi connectivity index (χ1v) is 9.91. The topological polar surface area (TPSA) is 50.7 Å². The van der Waals surface area contributed by atoms with E-state index in [1.807, 2.05) is 25.1 Å². The molecule has 0 fully saturated rings. The van der Waals surface area contributed by atoms with E-state index in [2.05, 4.69) is 16.4 Å². The number of methoxy groups -OCH3 is 1. The van der Waals surface area contributed by atoms with Gasteiger partial charge in [0.25, 0.3) is 0 Å². The molecule has 25 heavy (non-hydrogen) atoms. The SMILES string of the molecule is COc1ccc(Cl)cc1NC(=O)[C@H](C)SC1=Nc2ccccc2CS1. The zero-order valence-electron chi connectivity index (χ0n) is 13.8. The molecule has 1 N–H and O–H groups in total. The first kappa shape index (κ1) is 18.2. The van der Waals surface area contributed by atoms with Crippen molar-refractivity contribution in [3.05, 3.63) is 53.1 Å². The standard InChI is InChI=1S/C18H17ClN2O2S2/c1-11(17(22)20-15-9-13(19)7-8-16(15)23-2)25-18-21-14-6-4-3-5-12(14)10-24-18/h3-9,11H,10H2,1-2H3,(H,20,22)/t11-/m0/s1. The predicted molar refractivity (Wildman–Crippen MR) is 109 cm³/mol. The molecule has 2 aromatic rings. The van der Waals surface area contributed by atoms with Crippen LogP contribution >= 0.6 is 35.1 Å². The third-order valence-electron chi connectivity index (χ3n) is 3.62. The fraction of sp³-hybridized carbons (Fsp3) is 0.222. The zero-order valence-corrected chi connectivity index (χ0v) is 16.2. The number of anilines is 1. The Bertz CT molecular complexity index is 826. The van der Waals surface area contributed by atoms with E-state index < -0.39 is 0 Å². The summed E-state index contributed by atoms with van der Waals surface area (Å²) >= 11 is 9.12. The van der Waals surface area contributed by atoms with Gasteiger partial charge in [0.05, 0.1) is 23.7 Å². The normalized spacial score (nSPS) is 14.3. The third kappa shape index (κ3) is 4.51. The van der Waals surface area contributed by atoms with E-state index in [0.29, 0.717) is 16.5 Å². The number of nitrogens with one attached hydrogen (secondary N) is 1. The van der Waals surface area contributed by atoms with Gasteiger partial charge in [-0.1, -0.05) is 53.3 Å². The van der Waals surface area contributed by atoms with Crippen molar-refractivity contribution in [2.45, 2.75) is 17.9 Å². The summed E-state index contributed by atoms with van der Waals surface area (Å²) in [6, 6.07) is 13.2. The quantitative estimate of drug-likeness (QED) is 0.762. The lowest BCUT2D eigenvalue weighted by molar-refractivity contribution is -0.115. The molecule has 1 amide bonds. The Balaban J connectivity index is 1.68. The number of hydrogen-bond donors (Lipinski definition) is 1. The average Bonchev–Trinajstić information content (AvgIpc) is 2.61. The highest BCUT2D eigenvalue weighted by atomic mass is 35.5. The highest BCUT2D eigenvalue weighted by molar-refractivity contribution is 8.39. The molecule has 1 aliphatic rings. The first-order valence-electron chi connectivity index (χ1n) is 7.67. The van der Waals surface area contributed by atoms with Gasteiger partial charge in [0, 0.05) is 10.8 Å². The molecule has 0 aliphatic carbocycles. The second-order valence-corrected chi connectivity index (χ2v) is 8.38. The second-order valence-electron chi connectivity index (χ2n) is 5.39. The summed E-state index contributed by atoms with van der Waals surface area (Å²) in [5.41, 5.74) is 2.77. The number of hydrogen-bond acceptors (Lipinski definition) is 5. The van der Waals surface area contributed by atoms with Crippen molar-refractivity contribution in [3.63, 3.8) is 0 Å². The lowest BCUT2D eigenvalue weighted by Gasteiger charge is -2.18. The van der Waals surface area contributed by atoms with Crippen LogP contribution in [0.25, 0.3) is 0 Å². The van der Waals surface area contributed by atoms with Crippen LogP contribution in [0, 0.1) is 0 Å². The number of para-hydroxylation sites is 1. The van der Waals surface area contributed by atoms with Gasteiger partial charge in [-0.25, -0.2) is 4.99 Å². The van der Waals surface area contributed by atoms with Gasteiger partial charge in [0.2, 0.25) is 5.91 Å². The van der Waals surface area contributed by atoms with Crippen molar-refractivity contribution in [2.24, 2.45) is 4.99 Å². The van der Waals surface area contributed by atoms with E-state index in [0.717, 1.165) is 15.8 Å². The van der Waals surface area contributed by atoms with Gasteiger partial charge < -0.3 is 10.1 Å². The van der Waals surface area contributed by atoms with Gasteiger partial charge in [-0.05, 0) is 36.8 Å². The summed E-state index contributed by atoms with van der Waals surface area (Å²) in [6.45, 7) is 1.86. The number of benzene rings is 2. The molecular weight excluding hydrogens is 376 g/mol. The Labute approximate surface area is 160 Å². The molecule has 7 heteroatoms. The fourth-order valence-corrected chi connectivity index (χ4v) is 4.65. The Morgan fingerprint density at radius 2 is 2.16 bits per heavy atom. The monoisotopic (exact) mass is 392 g/mol. The predicted octanol–water partition coefficient (Wildman–Crippen LogP) is 5.34. The van der Waals surface area contributed by atoms with Crippen molar-refractivity contribution in [2.75, 3.05) is 12.4 Å². The second kappa shape index (κ2) is 8.17. The number of amides is 1. The summed E-state index contributed by atoms with van der Waals surface area (Å²) in [6.07, 6.45) is 0. The molecule has 0 saturated carbocycles. The maximum atomic E-state index is 12.5. The molecule has 1 aliphatic heterocycles. The molecular formula is C18H17ClN2O2S2. The van der Waals surface area contributed by atoms with E-state index in [-0.39, 0.29) is 11.2 Å². The summed E-state index contributed by atoms with van der Waals surface area (Å²) in [4.78, 5) is 17.2. The molecule has 3 rings (SSSR count). The molecule has 0 bridgehead atoms. The van der Waals surface area contributed by atoms with Crippen molar-refractivity contribution in [3.8, 4) is 5.75 Å². The van der Waals surface area contributed by atoms with Gasteiger partial charge in [0.1, 0.15) is 10.1 Å². The Morgan fingerprint density at radius 3 is 2.96 bits per heavy atom. The van der Waals surface area contributed by atoms with Crippen LogP contribution in [0.1, 0.15) is 12.5 Å². The Kier molecular flexibility index (Phi) is 5.93. The van der Waals surface area contributed by atoms with Gasteiger partial charge in [-0.3, -0.25) is 4.79 Å². The van der Waals surface area contributed by atoms with E-state index in [9.17, 15) is 4.79 Å². The maximum absolute atomic E-state index is 12.5. The number of thioether (sulfide) groups is 2. The largest absolute Gasteiger partial charge is 0.495 e. The summed E-state index contributed by atoms with van der Waals surface area (Å²) in [5, 5.41) is 3.13. The molecule has 0 aromatic heterocycles. The minimum absolute atomic E-state index is 0.118. The Hall–Kier alpha value is -1.63. The molecule has 130 valence electrons. The summed E-state index contributed by atoms with van der Waals surface area (Å²) in [5.74, 6) is 1.33. The third-order valence-corrected chi connectivity index (χ3v) is 6.15. The van der Waals surface area contributed by atoms with Gasteiger partial charge in [-0.15, -0.1) is 0 Å². The number of halogens is 1. The maximum Gasteiger partial charge on any atom is 0.237 e. The summed E-state index contributed by atoms with van der Waals surface area (Å²) in [7, 11) is 1.56. The number of carbonyl (C=O) groups excluding carboxylic acids is 1. The molecule has 4 nitrogen and oxygen atoms in total. The number of ether oxygens (including phenoxy) is 1. The van der Waals surface area contributed by atoms with Gasteiger partial charge >= 0.3 is 0 Å². The molecule has 2 aromatic carbocycles.